The second-order valence-corrected chi connectivity index (χ2v) is 6.35. The molecule has 2 aromatic heterocycles. The van der Waals surface area contributed by atoms with Gasteiger partial charge in [0.1, 0.15) is 5.76 Å². The van der Waals surface area contributed by atoms with Gasteiger partial charge in [-0.25, -0.2) is 10.5 Å². The molecular weight excluding hydrogens is 352 g/mol. The Hall–Kier alpha value is -3.07. The number of furan rings is 1. The van der Waals surface area contributed by atoms with Crippen LogP contribution < -0.4 is 10.7 Å². The minimum Gasteiger partial charge on any atom is -0.463 e. The van der Waals surface area contributed by atoms with Crippen molar-refractivity contribution in [1.82, 2.24) is 20.5 Å². The molecule has 2 heterocycles. The molecule has 1 aromatic carbocycles. The van der Waals surface area contributed by atoms with Crippen LogP contribution in [0, 0.1) is 6.92 Å². The van der Waals surface area contributed by atoms with Crippen LogP contribution in [0.5, 0.6) is 0 Å². The molecule has 0 unspecified atom stereocenters. The monoisotopic (exact) mass is 370 g/mol. The number of nitrogens with one attached hydrogen (secondary N) is 3. The molecule has 0 saturated carbocycles. The maximum atomic E-state index is 11.9. The molecule has 0 atom stereocenters. The highest BCUT2D eigenvalue weighted by Crippen LogP contribution is 2.13. The summed E-state index contributed by atoms with van der Waals surface area (Å²) >= 11 is 1.24. The maximum absolute atomic E-state index is 11.9. The lowest BCUT2D eigenvalue weighted by Crippen LogP contribution is -2.24. The summed E-state index contributed by atoms with van der Waals surface area (Å²) in [5.74, 6) is 1.16. The highest BCUT2D eigenvalue weighted by Gasteiger charge is 2.07. The predicted octanol–water partition coefficient (Wildman–Crippen LogP) is 2.56. The Morgan fingerprint density at radius 3 is 2.96 bits per heavy atom. The maximum Gasteiger partial charge on any atom is 0.240 e. The molecule has 134 valence electrons. The summed E-state index contributed by atoms with van der Waals surface area (Å²) < 4.78 is 5.12. The second kappa shape index (κ2) is 8.86. The number of hydrogen-bond acceptors (Lipinski definition) is 7. The fraction of sp³-hybridized carbons (Fsp3) is 0.176. The fourth-order valence-electron chi connectivity index (χ4n) is 1.97. The minimum absolute atomic E-state index is 0.0780. The number of hydrazone groups is 1. The number of hydrogen-bond donors (Lipinski definition) is 3. The summed E-state index contributed by atoms with van der Waals surface area (Å²) in [6.07, 6.45) is 3.09. The minimum atomic E-state index is -0.0780. The number of aromatic amines is 1. The Bertz CT molecular complexity index is 858. The van der Waals surface area contributed by atoms with Crippen LogP contribution in [0.1, 0.15) is 16.9 Å². The normalized spacial score (nSPS) is 11.0. The quantitative estimate of drug-likeness (QED) is 0.319. The van der Waals surface area contributed by atoms with E-state index in [-0.39, 0.29) is 11.7 Å². The van der Waals surface area contributed by atoms with Gasteiger partial charge in [-0.1, -0.05) is 41.6 Å². The first-order valence-corrected chi connectivity index (χ1v) is 8.87. The van der Waals surface area contributed by atoms with Crippen LogP contribution in [0.25, 0.3) is 0 Å². The number of carbonyl (C=O) groups excluding carboxylic acids is 1. The van der Waals surface area contributed by atoms with E-state index < -0.39 is 0 Å². The number of benzene rings is 1. The standard InChI is InChI=1S/C17H18N6O2S/c1-12-4-6-13(7-5-12)9-18-15(24)11-26-17-20-16(22-23-17)21-19-10-14-3-2-8-25-14/h2-8,10H,9,11H2,1H3,(H,18,24)(H2,20,21,22,23)/b19-10-. The highest BCUT2D eigenvalue weighted by molar-refractivity contribution is 7.99. The number of aryl methyl sites for hydroxylation is 1. The molecule has 0 aliphatic rings. The Balaban J connectivity index is 1.39. The van der Waals surface area contributed by atoms with Gasteiger partial charge >= 0.3 is 0 Å². The van der Waals surface area contributed by atoms with Crippen LogP contribution in [-0.2, 0) is 11.3 Å². The van der Waals surface area contributed by atoms with Crippen LogP contribution in [0.3, 0.4) is 0 Å². The molecule has 8 nitrogen and oxygen atoms in total. The Morgan fingerprint density at radius 1 is 1.35 bits per heavy atom. The van der Waals surface area contributed by atoms with Crippen molar-refractivity contribution in [2.75, 3.05) is 11.2 Å². The van der Waals surface area contributed by atoms with E-state index >= 15 is 0 Å². The van der Waals surface area contributed by atoms with E-state index in [0.717, 1.165) is 5.56 Å². The molecular formula is C17H18N6O2S. The molecule has 1 amide bonds. The summed E-state index contributed by atoms with van der Waals surface area (Å²) in [5.41, 5.74) is 4.96. The molecule has 0 fully saturated rings. The van der Waals surface area contributed by atoms with Gasteiger partial charge in [0.2, 0.25) is 17.0 Å². The van der Waals surface area contributed by atoms with Gasteiger partial charge in [-0.05, 0) is 24.6 Å². The van der Waals surface area contributed by atoms with Crippen molar-refractivity contribution in [3.8, 4) is 0 Å². The Kier molecular flexibility index (Phi) is 6.05. The first-order valence-electron chi connectivity index (χ1n) is 7.89. The van der Waals surface area contributed by atoms with Crippen LogP contribution >= 0.6 is 11.8 Å². The first kappa shape index (κ1) is 17.7. The molecule has 0 saturated heterocycles. The topological polar surface area (TPSA) is 108 Å². The van der Waals surface area contributed by atoms with E-state index in [1.165, 1.54) is 23.5 Å². The third kappa shape index (κ3) is 5.49. The predicted molar refractivity (Wildman–Crippen MR) is 100 cm³/mol. The van der Waals surface area contributed by atoms with Gasteiger partial charge in [0, 0.05) is 6.54 Å². The zero-order valence-electron chi connectivity index (χ0n) is 14.1. The first-order chi connectivity index (χ1) is 12.7. The second-order valence-electron chi connectivity index (χ2n) is 5.40. The molecule has 0 aliphatic heterocycles. The molecule has 9 heteroatoms. The lowest BCUT2D eigenvalue weighted by atomic mass is 10.1. The molecule has 3 N–H and O–H groups in total. The lowest BCUT2D eigenvalue weighted by Gasteiger charge is -2.04. The number of H-pyrrole nitrogens is 1. The van der Waals surface area contributed by atoms with E-state index in [0.29, 0.717) is 23.4 Å². The van der Waals surface area contributed by atoms with Crippen LogP contribution in [0.4, 0.5) is 5.95 Å². The van der Waals surface area contributed by atoms with Crippen molar-refractivity contribution in [2.24, 2.45) is 5.10 Å². The van der Waals surface area contributed by atoms with Crippen molar-refractivity contribution >= 4 is 29.8 Å². The van der Waals surface area contributed by atoms with Crippen molar-refractivity contribution in [1.29, 1.82) is 0 Å². The van der Waals surface area contributed by atoms with Gasteiger partial charge in [-0.3, -0.25) is 4.79 Å². The zero-order valence-corrected chi connectivity index (χ0v) is 14.9. The number of anilines is 1. The highest BCUT2D eigenvalue weighted by atomic mass is 32.2. The fourth-order valence-corrected chi connectivity index (χ4v) is 2.60. The summed E-state index contributed by atoms with van der Waals surface area (Å²) in [6.45, 7) is 2.53. The van der Waals surface area contributed by atoms with Gasteiger partial charge < -0.3 is 9.73 Å². The van der Waals surface area contributed by atoms with Crippen molar-refractivity contribution in [2.45, 2.75) is 18.6 Å². The molecule has 0 aliphatic carbocycles. The van der Waals surface area contributed by atoms with E-state index in [2.05, 4.69) is 31.0 Å². The van der Waals surface area contributed by atoms with Gasteiger partial charge in [-0.15, -0.1) is 5.10 Å². The number of carbonyl (C=O) groups is 1. The van der Waals surface area contributed by atoms with Crippen molar-refractivity contribution in [3.05, 3.63) is 59.5 Å². The van der Waals surface area contributed by atoms with Gasteiger partial charge in [0.25, 0.3) is 0 Å². The number of nitrogens with zero attached hydrogens (tertiary/aromatic N) is 3. The van der Waals surface area contributed by atoms with Gasteiger partial charge in [0.15, 0.2) is 0 Å². The molecule has 0 bridgehead atoms. The van der Waals surface area contributed by atoms with Crippen molar-refractivity contribution < 1.29 is 9.21 Å². The summed E-state index contributed by atoms with van der Waals surface area (Å²) in [6, 6.07) is 11.6. The Morgan fingerprint density at radius 2 is 2.19 bits per heavy atom. The van der Waals surface area contributed by atoms with Gasteiger partial charge in [0.05, 0.1) is 18.2 Å². The number of aromatic nitrogens is 3. The Labute approximate surface area is 154 Å². The number of rotatable bonds is 8. The largest absolute Gasteiger partial charge is 0.463 e. The average molecular weight is 370 g/mol. The number of amides is 1. The molecule has 26 heavy (non-hydrogen) atoms. The van der Waals surface area contributed by atoms with E-state index in [1.807, 2.05) is 31.2 Å². The summed E-state index contributed by atoms with van der Waals surface area (Å²) in [7, 11) is 0. The molecule has 0 spiro atoms. The summed E-state index contributed by atoms with van der Waals surface area (Å²) in [4.78, 5) is 16.1. The SMILES string of the molecule is Cc1ccc(CNC(=O)CSc2n[nH]c(N/N=C\c3ccco3)n2)cc1. The van der Waals surface area contributed by atoms with E-state index in [1.54, 1.807) is 18.4 Å². The van der Waals surface area contributed by atoms with Crippen LogP contribution in [-0.4, -0.2) is 33.1 Å². The van der Waals surface area contributed by atoms with E-state index in [4.69, 9.17) is 4.42 Å². The molecule has 3 rings (SSSR count). The van der Waals surface area contributed by atoms with E-state index in [9.17, 15) is 4.79 Å². The average Bonchev–Trinajstić information content (AvgIpc) is 3.32. The summed E-state index contributed by atoms with van der Waals surface area (Å²) in [5, 5.41) is 14.0. The molecule has 3 aromatic rings. The molecule has 0 radical (unpaired) electrons. The zero-order chi connectivity index (χ0) is 18.2. The van der Waals surface area contributed by atoms with Gasteiger partial charge in [-0.2, -0.15) is 10.1 Å². The number of thioether (sulfide) groups is 1. The van der Waals surface area contributed by atoms with Crippen LogP contribution in [0.2, 0.25) is 0 Å². The third-order valence-corrected chi connectivity index (χ3v) is 4.16. The van der Waals surface area contributed by atoms with Crippen molar-refractivity contribution in [3.63, 3.8) is 0 Å². The van der Waals surface area contributed by atoms with Crippen LogP contribution in [0.15, 0.2) is 57.3 Å². The third-order valence-electron chi connectivity index (χ3n) is 3.31. The lowest BCUT2D eigenvalue weighted by molar-refractivity contribution is -0.118. The smallest absolute Gasteiger partial charge is 0.240 e.